The highest BCUT2D eigenvalue weighted by molar-refractivity contribution is 5.94. The molecule has 0 saturated carbocycles. The van der Waals surface area contributed by atoms with Crippen LogP contribution >= 0.6 is 0 Å². The molecule has 2 N–H and O–H groups in total. The fourth-order valence-electron chi connectivity index (χ4n) is 1.19. The molecule has 0 heterocycles. The van der Waals surface area contributed by atoms with E-state index in [1.807, 2.05) is 6.07 Å². The zero-order valence-electron chi connectivity index (χ0n) is 9.10. The van der Waals surface area contributed by atoms with E-state index in [2.05, 4.69) is 5.32 Å². The molecule has 0 saturated heterocycles. The molecule has 1 atom stereocenters. The van der Waals surface area contributed by atoms with Gasteiger partial charge in [0.2, 0.25) is 0 Å². The lowest BCUT2D eigenvalue weighted by molar-refractivity contribution is 0.0945. The Morgan fingerprint density at radius 3 is 2.62 bits per heavy atom. The van der Waals surface area contributed by atoms with Crippen LogP contribution in [0.1, 0.15) is 29.3 Å². The average Bonchev–Trinajstić information content (AvgIpc) is 2.28. The van der Waals surface area contributed by atoms with Gasteiger partial charge in [-0.1, -0.05) is 0 Å². The number of carbonyl (C=O) groups excluding carboxylic acids is 1. The topological polar surface area (TPSA) is 73.1 Å². The van der Waals surface area contributed by atoms with Gasteiger partial charge in [0, 0.05) is 12.1 Å². The fourth-order valence-corrected chi connectivity index (χ4v) is 1.19. The Morgan fingerprint density at radius 2 is 2.12 bits per heavy atom. The highest BCUT2D eigenvalue weighted by Crippen LogP contribution is 2.03. The van der Waals surface area contributed by atoms with Gasteiger partial charge in [-0.2, -0.15) is 5.26 Å². The van der Waals surface area contributed by atoms with Crippen molar-refractivity contribution in [3.63, 3.8) is 0 Å². The van der Waals surface area contributed by atoms with Crippen LogP contribution < -0.4 is 5.32 Å². The molecule has 0 aliphatic rings. The van der Waals surface area contributed by atoms with Gasteiger partial charge in [-0.05, 0) is 37.6 Å². The van der Waals surface area contributed by atoms with Crippen LogP contribution in [0.25, 0.3) is 0 Å². The fraction of sp³-hybridized carbons (Fsp3) is 0.333. The SMILES string of the molecule is CC(O)CCNC(=O)c1ccc(C#N)cc1. The van der Waals surface area contributed by atoms with E-state index >= 15 is 0 Å². The third-order valence-corrected chi connectivity index (χ3v) is 2.12. The molecule has 0 aliphatic heterocycles. The van der Waals surface area contributed by atoms with Crippen molar-refractivity contribution in [1.82, 2.24) is 5.32 Å². The Hall–Kier alpha value is -1.86. The Morgan fingerprint density at radius 1 is 1.50 bits per heavy atom. The summed E-state index contributed by atoms with van der Waals surface area (Å²) in [6, 6.07) is 8.40. The van der Waals surface area contributed by atoms with Crippen molar-refractivity contribution in [2.45, 2.75) is 19.4 Å². The molecule has 1 amide bonds. The molecular weight excluding hydrogens is 204 g/mol. The first-order valence-electron chi connectivity index (χ1n) is 5.10. The maximum absolute atomic E-state index is 11.6. The number of amides is 1. The summed E-state index contributed by atoms with van der Waals surface area (Å²) in [7, 11) is 0. The van der Waals surface area contributed by atoms with Crippen LogP contribution in [0.3, 0.4) is 0 Å². The van der Waals surface area contributed by atoms with E-state index in [9.17, 15) is 4.79 Å². The minimum Gasteiger partial charge on any atom is -0.393 e. The zero-order valence-corrected chi connectivity index (χ0v) is 9.10. The van der Waals surface area contributed by atoms with E-state index < -0.39 is 6.10 Å². The van der Waals surface area contributed by atoms with Crippen molar-refractivity contribution in [2.24, 2.45) is 0 Å². The molecule has 0 bridgehead atoms. The van der Waals surface area contributed by atoms with Gasteiger partial charge in [0.05, 0.1) is 17.7 Å². The molecule has 16 heavy (non-hydrogen) atoms. The number of aliphatic hydroxyl groups excluding tert-OH is 1. The average molecular weight is 218 g/mol. The molecule has 84 valence electrons. The summed E-state index contributed by atoms with van der Waals surface area (Å²) >= 11 is 0. The van der Waals surface area contributed by atoms with E-state index in [1.54, 1.807) is 31.2 Å². The second kappa shape index (κ2) is 5.89. The third-order valence-electron chi connectivity index (χ3n) is 2.12. The van der Waals surface area contributed by atoms with E-state index in [1.165, 1.54) is 0 Å². The molecule has 4 nitrogen and oxygen atoms in total. The molecule has 0 fully saturated rings. The number of carbonyl (C=O) groups is 1. The second-order valence-electron chi connectivity index (χ2n) is 3.58. The predicted molar refractivity (Wildman–Crippen MR) is 59.8 cm³/mol. The first kappa shape index (κ1) is 12.2. The number of nitriles is 1. The van der Waals surface area contributed by atoms with Crippen LogP contribution in [-0.4, -0.2) is 23.7 Å². The van der Waals surface area contributed by atoms with E-state index in [0.29, 0.717) is 24.1 Å². The van der Waals surface area contributed by atoms with Gasteiger partial charge in [-0.3, -0.25) is 4.79 Å². The molecule has 4 heteroatoms. The van der Waals surface area contributed by atoms with Crippen molar-refractivity contribution in [3.8, 4) is 6.07 Å². The predicted octanol–water partition coefficient (Wildman–Crippen LogP) is 1.06. The van der Waals surface area contributed by atoms with Crippen LogP contribution in [0.4, 0.5) is 0 Å². The van der Waals surface area contributed by atoms with Gasteiger partial charge in [0.25, 0.3) is 5.91 Å². The number of nitrogens with one attached hydrogen (secondary N) is 1. The molecule has 0 aliphatic carbocycles. The summed E-state index contributed by atoms with van der Waals surface area (Å²) in [5, 5.41) is 20.3. The lowest BCUT2D eigenvalue weighted by atomic mass is 10.1. The van der Waals surface area contributed by atoms with E-state index in [4.69, 9.17) is 10.4 Å². The van der Waals surface area contributed by atoms with Crippen LogP contribution in [-0.2, 0) is 0 Å². The number of rotatable bonds is 4. The van der Waals surface area contributed by atoms with Gasteiger partial charge in [-0.25, -0.2) is 0 Å². The Balaban J connectivity index is 2.50. The first-order chi connectivity index (χ1) is 7.63. The number of nitrogens with zero attached hydrogens (tertiary/aromatic N) is 1. The monoisotopic (exact) mass is 218 g/mol. The minimum atomic E-state index is -0.415. The van der Waals surface area contributed by atoms with Gasteiger partial charge >= 0.3 is 0 Å². The van der Waals surface area contributed by atoms with Crippen molar-refractivity contribution in [2.75, 3.05) is 6.54 Å². The maximum Gasteiger partial charge on any atom is 0.251 e. The van der Waals surface area contributed by atoms with Crippen LogP contribution in [0.15, 0.2) is 24.3 Å². The van der Waals surface area contributed by atoms with Crippen molar-refractivity contribution < 1.29 is 9.90 Å². The normalized spacial score (nSPS) is 11.6. The third kappa shape index (κ3) is 3.71. The standard InChI is InChI=1S/C12H14N2O2/c1-9(15)6-7-14-12(16)11-4-2-10(8-13)3-5-11/h2-5,9,15H,6-7H2,1H3,(H,14,16). The zero-order chi connectivity index (χ0) is 12.0. The number of aliphatic hydroxyl groups is 1. The van der Waals surface area contributed by atoms with Crippen molar-refractivity contribution in [3.05, 3.63) is 35.4 Å². The lowest BCUT2D eigenvalue weighted by Crippen LogP contribution is -2.26. The molecule has 0 radical (unpaired) electrons. The summed E-state index contributed by atoms with van der Waals surface area (Å²) < 4.78 is 0. The summed E-state index contributed by atoms with van der Waals surface area (Å²) in [5.74, 6) is -0.190. The largest absolute Gasteiger partial charge is 0.393 e. The van der Waals surface area contributed by atoms with E-state index in [-0.39, 0.29) is 5.91 Å². The lowest BCUT2D eigenvalue weighted by Gasteiger charge is -2.06. The second-order valence-corrected chi connectivity index (χ2v) is 3.58. The van der Waals surface area contributed by atoms with Gasteiger partial charge < -0.3 is 10.4 Å². The van der Waals surface area contributed by atoms with Gasteiger partial charge in [0.15, 0.2) is 0 Å². The summed E-state index contributed by atoms with van der Waals surface area (Å²) in [4.78, 5) is 11.6. The molecule has 1 aromatic rings. The highest BCUT2D eigenvalue weighted by Gasteiger charge is 2.05. The number of benzene rings is 1. The number of hydrogen-bond donors (Lipinski definition) is 2. The summed E-state index contributed by atoms with van der Waals surface area (Å²) in [5.41, 5.74) is 1.05. The quantitative estimate of drug-likeness (QED) is 0.793. The molecule has 1 aromatic carbocycles. The molecule has 1 rings (SSSR count). The van der Waals surface area contributed by atoms with Gasteiger partial charge in [0.1, 0.15) is 0 Å². The molecule has 1 unspecified atom stereocenters. The molecule has 0 spiro atoms. The highest BCUT2D eigenvalue weighted by atomic mass is 16.3. The minimum absolute atomic E-state index is 0.190. The molecular formula is C12H14N2O2. The summed E-state index contributed by atoms with van der Waals surface area (Å²) in [6.07, 6.45) is 0.114. The van der Waals surface area contributed by atoms with Crippen LogP contribution in [0.5, 0.6) is 0 Å². The van der Waals surface area contributed by atoms with Crippen molar-refractivity contribution in [1.29, 1.82) is 5.26 Å². The van der Waals surface area contributed by atoms with E-state index in [0.717, 1.165) is 0 Å². The maximum atomic E-state index is 11.6. The van der Waals surface area contributed by atoms with Gasteiger partial charge in [-0.15, -0.1) is 0 Å². The number of hydrogen-bond acceptors (Lipinski definition) is 3. The van der Waals surface area contributed by atoms with Crippen LogP contribution in [0.2, 0.25) is 0 Å². The molecule has 0 aromatic heterocycles. The summed E-state index contributed by atoms with van der Waals surface area (Å²) in [6.45, 7) is 2.12. The smallest absolute Gasteiger partial charge is 0.251 e. The van der Waals surface area contributed by atoms with Crippen LogP contribution in [0, 0.1) is 11.3 Å². The Kier molecular flexibility index (Phi) is 4.49. The van der Waals surface area contributed by atoms with Crippen molar-refractivity contribution >= 4 is 5.91 Å². The Bertz CT molecular complexity index is 390. The first-order valence-corrected chi connectivity index (χ1v) is 5.10. The Labute approximate surface area is 94.5 Å².